The number of aromatic hydroxyl groups is 1. The number of rotatable bonds is 5. The van der Waals surface area contributed by atoms with Crippen LogP contribution in [0.25, 0.3) is 0 Å². The van der Waals surface area contributed by atoms with Gasteiger partial charge in [0.15, 0.2) is 0 Å². The van der Waals surface area contributed by atoms with Crippen molar-refractivity contribution in [3.63, 3.8) is 0 Å². The van der Waals surface area contributed by atoms with Crippen molar-refractivity contribution in [3.05, 3.63) is 45.5 Å². The summed E-state index contributed by atoms with van der Waals surface area (Å²) in [6, 6.07) is 2.39. The number of nitrogens with one attached hydrogen (secondary N) is 1. The van der Waals surface area contributed by atoms with E-state index in [-0.39, 0.29) is 52.9 Å². The summed E-state index contributed by atoms with van der Waals surface area (Å²) in [5, 5.41) is 24.9. The molecule has 1 fully saturated rings. The van der Waals surface area contributed by atoms with Gasteiger partial charge in [-0.05, 0) is 12.5 Å². The fourth-order valence-electron chi connectivity index (χ4n) is 2.66. The number of phenols is 1. The van der Waals surface area contributed by atoms with E-state index in [0.717, 1.165) is 26.2 Å². The van der Waals surface area contributed by atoms with Crippen LogP contribution in [0.15, 0.2) is 24.8 Å². The Labute approximate surface area is 152 Å². The molecule has 1 aliphatic rings. The minimum absolute atomic E-state index is 0. The molecule has 0 aliphatic carbocycles. The molecule has 1 atom stereocenters. The van der Waals surface area contributed by atoms with Crippen molar-refractivity contribution in [2.45, 2.75) is 12.5 Å². The Morgan fingerprint density at radius 1 is 1.43 bits per heavy atom. The monoisotopic (exact) mass is 383 g/mol. The minimum atomic E-state index is -0.482. The zero-order valence-electron chi connectivity index (χ0n) is 12.4. The van der Waals surface area contributed by atoms with E-state index in [1.807, 2.05) is 0 Å². The molecular weight excluding hydrogens is 365 g/mol. The smallest absolute Gasteiger partial charge is 0.278 e. The van der Waals surface area contributed by atoms with Gasteiger partial charge in [0, 0.05) is 38.3 Å². The highest BCUT2D eigenvalue weighted by atomic mass is 35.5. The van der Waals surface area contributed by atoms with Gasteiger partial charge in [-0.25, -0.2) is 0 Å². The standard InChI is InChI=1S/C14H18ClN3O3.2ClH/c1-2-3-11(17-8-6-16-7-9-17)13-12(18(20)21)5-4-10(15)14(13)19;;/h2,4-5,11,16,19H,1,3,6-9H2;2*1H/t11-;;/m1../s1. The molecule has 2 rings (SSSR count). The molecule has 1 saturated heterocycles. The van der Waals surface area contributed by atoms with Gasteiger partial charge in [0.2, 0.25) is 0 Å². The van der Waals surface area contributed by atoms with Gasteiger partial charge >= 0.3 is 0 Å². The number of nitro groups is 1. The van der Waals surface area contributed by atoms with Crippen molar-refractivity contribution in [1.82, 2.24) is 10.2 Å². The molecule has 0 amide bonds. The Morgan fingerprint density at radius 3 is 2.57 bits per heavy atom. The number of benzene rings is 1. The number of halogens is 3. The number of nitrogens with zero attached hydrogens (tertiary/aromatic N) is 2. The van der Waals surface area contributed by atoms with Crippen LogP contribution in [0.2, 0.25) is 5.02 Å². The maximum atomic E-state index is 11.3. The molecular formula is C14H20Cl3N3O3. The summed E-state index contributed by atoms with van der Waals surface area (Å²) in [6.07, 6.45) is 2.21. The predicted octanol–water partition coefficient (Wildman–Crippen LogP) is 3.32. The first-order chi connectivity index (χ1) is 10.1. The molecule has 0 spiro atoms. The largest absolute Gasteiger partial charge is 0.506 e. The number of phenolic OH excluding ortho intramolecular Hbond substituents is 1. The Morgan fingerprint density at radius 2 is 2.04 bits per heavy atom. The van der Waals surface area contributed by atoms with Crippen LogP contribution >= 0.6 is 36.4 Å². The number of nitro benzene ring substituents is 1. The topological polar surface area (TPSA) is 78.6 Å². The van der Waals surface area contributed by atoms with Gasteiger partial charge in [0.25, 0.3) is 5.69 Å². The van der Waals surface area contributed by atoms with Gasteiger partial charge in [-0.15, -0.1) is 31.4 Å². The van der Waals surface area contributed by atoms with Crippen molar-refractivity contribution in [2.75, 3.05) is 26.2 Å². The first-order valence-electron chi connectivity index (χ1n) is 6.77. The van der Waals surface area contributed by atoms with Crippen LogP contribution in [-0.4, -0.2) is 41.1 Å². The summed E-state index contributed by atoms with van der Waals surface area (Å²) in [5.41, 5.74) is 0.164. The lowest BCUT2D eigenvalue weighted by Gasteiger charge is -2.34. The van der Waals surface area contributed by atoms with Crippen molar-refractivity contribution < 1.29 is 10.0 Å². The van der Waals surface area contributed by atoms with Crippen LogP contribution in [0, 0.1) is 10.1 Å². The Kier molecular flexibility index (Phi) is 9.49. The minimum Gasteiger partial charge on any atom is -0.506 e. The molecule has 2 N–H and O–H groups in total. The number of piperazine rings is 1. The average molecular weight is 385 g/mol. The highest BCUT2D eigenvalue weighted by molar-refractivity contribution is 6.32. The molecule has 1 heterocycles. The Balaban J connectivity index is 0.00000242. The zero-order valence-corrected chi connectivity index (χ0v) is 14.8. The van der Waals surface area contributed by atoms with Crippen LogP contribution in [0.3, 0.4) is 0 Å². The first kappa shape index (κ1) is 21.9. The number of hydrogen-bond acceptors (Lipinski definition) is 5. The van der Waals surface area contributed by atoms with Crippen LogP contribution < -0.4 is 5.32 Å². The van der Waals surface area contributed by atoms with Gasteiger partial charge in [0.05, 0.1) is 15.5 Å². The highest BCUT2D eigenvalue weighted by Crippen LogP contribution is 2.42. The summed E-state index contributed by atoms with van der Waals surface area (Å²) >= 11 is 5.94. The average Bonchev–Trinajstić information content (AvgIpc) is 2.48. The summed E-state index contributed by atoms with van der Waals surface area (Å²) in [6.45, 7) is 6.84. The third-order valence-corrected chi connectivity index (χ3v) is 3.96. The Hall–Kier alpha value is -1.05. The van der Waals surface area contributed by atoms with Crippen molar-refractivity contribution in [1.29, 1.82) is 0 Å². The Bertz CT molecular complexity index is 552. The van der Waals surface area contributed by atoms with Crippen LogP contribution in [0.4, 0.5) is 5.69 Å². The molecule has 1 aromatic rings. The normalized spacial score (nSPS) is 15.9. The molecule has 0 radical (unpaired) electrons. The summed E-state index contributed by atoms with van der Waals surface area (Å²) in [5.74, 6) is -0.212. The quantitative estimate of drug-likeness (QED) is 0.462. The maximum Gasteiger partial charge on any atom is 0.278 e. The van der Waals surface area contributed by atoms with E-state index in [0.29, 0.717) is 6.42 Å². The second-order valence-corrected chi connectivity index (χ2v) is 5.32. The molecule has 1 aromatic carbocycles. The zero-order chi connectivity index (χ0) is 15.4. The molecule has 6 nitrogen and oxygen atoms in total. The van der Waals surface area contributed by atoms with E-state index in [9.17, 15) is 15.2 Å². The van der Waals surface area contributed by atoms with Crippen molar-refractivity contribution in [3.8, 4) is 5.75 Å². The van der Waals surface area contributed by atoms with Gasteiger partial charge in [0.1, 0.15) is 5.75 Å². The van der Waals surface area contributed by atoms with Crippen LogP contribution in [-0.2, 0) is 0 Å². The molecule has 0 unspecified atom stereocenters. The third kappa shape index (κ3) is 4.96. The van der Waals surface area contributed by atoms with Gasteiger partial charge < -0.3 is 10.4 Å². The highest BCUT2D eigenvalue weighted by Gasteiger charge is 2.31. The van der Waals surface area contributed by atoms with Crippen molar-refractivity contribution >= 4 is 42.1 Å². The second-order valence-electron chi connectivity index (χ2n) is 4.91. The fourth-order valence-corrected chi connectivity index (χ4v) is 2.82. The van der Waals surface area contributed by atoms with Gasteiger partial charge in [-0.2, -0.15) is 0 Å². The first-order valence-corrected chi connectivity index (χ1v) is 7.15. The fraction of sp³-hybridized carbons (Fsp3) is 0.429. The lowest BCUT2D eigenvalue weighted by atomic mass is 9.98. The summed E-state index contributed by atoms with van der Waals surface area (Å²) in [4.78, 5) is 12.9. The lowest BCUT2D eigenvalue weighted by molar-refractivity contribution is -0.386. The molecule has 1 aliphatic heterocycles. The van der Waals surface area contributed by atoms with E-state index < -0.39 is 4.92 Å². The molecule has 130 valence electrons. The molecule has 0 bridgehead atoms. The lowest BCUT2D eigenvalue weighted by Crippen LogP contribution is -2.45. The van der Waals surface area contributed by atoms with Crippen LogP contribution in [0.1, 0.15) is 18.0 Å². The molecule has 0 saturated carbocycles. The van der Waals surface area contributed by atoms with Crippen molar-refractivity contribution in [2.24, 2.45) is 0 Å². The van der Waals surface area contributed by atoms with Gasteiger partial charge in [-0.3, -0.25) is 15.0 Å². The SMILES string of the molecule is C=CC[C@H](c1c([N+](=O)[O-])ccc(Cl)c1O)N1CCNCC1.Cl.Cl. The van der Waals surface area contributed by atoms with E-state index >= 15 is 0 Å². The van der Waals surface area contributed by atoms with E-state index in [2.05, 4.69) is 16.8 Å². The molecule has 0 aromatic heterocycles. The van der Waals surface area contributed by atoms with E-state index in [4.69, 9.17) is 11.6 Å². The molecule has 23 heavy (non-hydrogen) atoms. The molecule has 9 heteroatoms. The summed E-state index contributed by atoms with van der Waals surface area (Å²) < 4.78 is 0. The van der Waals surface area contributed by atoms with E-state index in [1.54, 1.807) is 6.08 Å². The maximum absolute atomic E-state index is 11.3. The summed E-state index contributed by atoms with van der Waals surface area (Å²) in [7, 11) is 0. The number of hydrogen-bond donors (Lipinski definition) is 2. The third-order valence-electron chi connectivity index (χ3n) is 3.66. The van der Waals surface area contributed by atoms with Crippen LogP contribution in [0.5, 0.6) is 5.75 Å². The van der Waals surface area contributed by atoms with E-state index in [1.165, 1.54) is 12.1 Å². The van der Waals surface area contributed by atoms with Gasteiger partial charge in [-0.1, -0.05) is 17.7 Å². The second kappa shape index (κ2) is 9.95. The predicted molar refractivity (Wildman–Crippen MR) is 96.3 cm³/mol.